The molecule has 1 amide bonds. The van der Waals surface area contributed by atoms with Gasteiger partial charge in [0.25, 0.3) is 5.91 Å². The zero-order chi connectivity index (χ0) is 16.8. The number of carbonyl (C=O) groups excluding carboxylic acids is 1. The first-order chi connectivity index (χ1) is 11.0. The van der Waals surface area contributed by atoms with Gasteiger partial charge < -0.3 is 19.5 Å². The van der Waals surface area contributed by atoms with Crippen LogP contribution in [0.1, 0.15) is 25.3 Å². The van der Waals surface area contributed by atoms with E-state index in [1.165, 1.54) is 4.90 Å². The van der Waals surface area contributed by atoms with Gasteiger partial charge in [0.15, 0.2) is 6.10 Å². The predicted octanol–water partition coefficient (Wildman–Crippen LogP) is 1.85. The molecule has 0 spiro atoms. The minimum atomic E-state index is -1.02. The Balaban J connectivity index is 2.07. The molecule has 1 N–H and O–H groups in total. The van der Waals surface area contributed by atoms with Crippen molar-refractivity contribution in [3.63, 3.8) is 0 Å². The monoisotopic (exact) mass is 321 g/mol. The molecular weight excluding hydrogens is 298 g/mol. The molecule has 1 fully saturated rings. The zero-order valence-corrected chi connectivity index (χ0v) is 13.5. The summed E-state index contributed by atoms with van der Waals surface area (Å²) in [5.41, 5.74) is 1.04. The molecule has 1 saturated heterocycles. The topological polar surface area (TPSA) is 76.1 Å². The van der Waals surface area contributed by atoms with E-state index in [9.17, 15) is 9.59 Å². The highest BCUT2D eigenvalue weighted by molar-refractivity contribution is 5.85. The fourth-order valence-corrected chi connectivity index (χ4v) is 2.71. The molecule has 1 aliphatic heterocycles. The maximum atomic E-state index is 12.7. The van der Waals surface area contributed by atoms with Crippen molar-refractivity contribution in [3.05, 3.63) is 29.8 Å². The van der Waals surface area contributed by atoms with Gasteiger partial charge in [-0.25, -0.2) is 0 Å². The fraction of sp³-hybridized carbons (Fsp3) is 0.529. The zero-order valence-electron chi connectivity index (χ0n) is 13.5. The average molecular weight is 321 g/mol. The van der Waals surface area contributed by atoms with Crippen molar-refractivity contribution in [1.82, 2.24) is 4.90 Å². The lowest BCUT2D eigenvalue weighted by atomic mass is 10.1. The Bertz CT molecular complexity index is 554. The number of carboxylic acids is 1. The highest BCUT2D eigenvalue weighted by atomic mass is 16.5. The molecule has 1 aromatic carbocycles. The molecule has 23 heavy (non-hydrogen) atoms. The van der Waals surface area contributed by atoms with Crippen LogP contribution in [0, 0.1) is 6.92 Å². The number of nitrogens with zero attached hydrogens (tertiary/aromatic N) is 1. The predicted molar refractivity (Wildman–Crippen MR) is 84.5 cm³/mol. The Hall–Kier alpha value is -2.08. The number of hydrogen-bond donors (Lipinski definition) is 1. The molecule has 126 valence electrons. The largest absolute Gasteiger partial charge is 0.481 e. The van der Waals surface area contributed by atoms with Crippen LogP contribution < -0.4 is 4.74 Å². The van der Waals surface area contributed by atoms with Crippen molar-refractivity contribution >= 4 is 11.9 Å². The second-order valence-corrected chi connectivity index (χ2v) is 5.78. The van der Waals surface area contributed by atoms with E-state index in [0.29, 0.717) is 31.8 Å². The second kappa shape index (κ2) is 7.97. The standard InChI is InChI=1S/C17H23NO5/c1-12-4-3-5-15(10-12)23-13(2)17(21)18(11-16(19)20)14-6-8-22-9-7-14/h3-5,10,13-14H,6-9,11H2,1-2H3,(H,19,20). The molecule has 6 nitrogen and oxygen atoms in total. The van der Waals surface area contributed by atoms with Crippen LogP contribution >= 0.6 is 0 Å². The van der Waals surface area contributed by atoms with Crippen molar-refractivity contribution in [3.8, 4) is 5.75 Å². The van der Waals surface area contributed by atoms with E-state index >= 15 is 0 Å². The van der Waals surface area contributed by atoms with E-state index < -0.39 is 12.1 Å². The molecule has 1 unspecified atom stereocenters. The van der Waals surface area contributed by atoms with Gasteiger partial charge in [-0.05, 0) is 44.4 Å². The normalized spacial score (nSPS) is 16.6. The Kier molecular flexibility index (Phi) is 5.98. The van der Waals surface area contributed by atoms with Crippen LogP contribution in [0.25, 0.3) is 0 Å². The number of benzene rings is 1. The number of ether oxygens (including phenoxy) is 2. The third-order valence-electron chi connectivity index (χ3n) is 3.87. The number of hydrogen-bond acceptors (Lipinski definition) is 4. The first-order valence-corrected chi connectivity index (χ1v) is 7.80. The smallest absolute Gasteiger partial charge is 0.323 e. The van der Waals surface area contributed by atoms with Crippen LogP contribution in [0.15, 0.2) is 24.3 Å². The van der Waals surface area contributed by atoms with Crippen molar-refractivity contribution in [2.75, 3.05) is 19.8 Å². The summed E-state index contributed by atoms with van der Waals surface area (Å²) in [6.07, 6.45) is 0.561. The number of aliphatic carboxylic acids is 1. The fourth-order valence-electron chi connectivity index (χ4n) is 2.71. The summed E-state index contributed by atoms with van der Waals surface area (Å²) >= 11 is 0. The van der Waals surface area contributed by atoms with Crippen LogP contribution in [0.3, 0.4) is 0 Å². The van der Waals surface area contributed by atoms with Crippen molar-refractivity contribution in [2.45, 2.75) is 38.8 Å². The molecule has 0 aliphatic carbocycles. The number of aryl methyl sites for hydroxylation is 1. The van der Waals surface area contributed by atoms with Gasteiger partial charge in [-0.3, -0.25) is 9.59 Å². The lowest BCUT2D eigenvalue weighted by Gasteiger charge is -2.34. The Morgan fingerprint density at radius 3 is 2.70 bits per heavy atom. The second-order valence-electron chi connectivity index (χ2n) is 5.78. The molecule has 0 saturated carbocycles. The van der Waals surface area contributed by atoms with Gasteiger partial charge in [0.05, 0.1) is 0 Å². The van der Waals surface area contributed by atoms with E-state index in [2.05, 4.69) is 0 Å². The van der Waals surface area contributed by atoms with Gasteiger partial charge >= 0.3 is 5.97 Å². The van der Waals surface area contributed by atoms with Crippen molar-refractivity contribution in [1.29, 1.82) is 0 Å². The van der Waals surface area contributed by atoms with Crippen LogP contribution in [0.2, 0.25) is 0 Å². The summed E-state index contributed by atoms with van der Waals surface area (Å²) in [6, 6.07) is 7.32. The molecule has 6 heteroatoms. The van der Waals surface area contributed by atoms with E-state index in [1.807, 2.05) is 25.1 Å². The van der Waals surface area contributed by atoms with E-state index in [-0.39, 0.29) is 18.5 Å². The summed E-state index contributed by atoms with van der Waals surface area (Å²) in [4.78, 5) is 25.2. The van der Waals surface area contributed by atoms with Gasteiger partial charge in [0.2, 0.25) is 0 Å². The number of carboxylic acid groups (broad SMARTS) is 1. The maximum Gasteiger partial charge on any atom is 0.323 e. The van der Waals surface area contributed by atoms with Crippen molar-refractivity contribution in [2.24, 2.45) is 0 Å². The first kappa shape index (κ1) is 17.3. The minimum absolute atomic E-state index is 0.115. The number of rotatable bonds is 6. The molecule has 2 rings (SSSR count). The highest BCUT2D eigenvalue weighted by Gasteiger charge is 2.31. The Morgan fingerprint density at radius 2 is 2.09 bits per heavy atom. The SMILES string of the molecule is Cc1cccc(OC(C)C(=O)N(CC(=O)O)C2CCOCC2)c1. The molecule has 1 atom stereocenters. The highest BCUT2D eigenvalue weighted by Crippen LogP contribution is 2.19. The third-order valence-corrected chi connectivity index (χ3v) is 3.87. The van der Waals surface area contributed by atoms with Gasteiger partial charge in [0, 0.05) is 19.3 Å². The van der Waals surface area contributed by atoms with Gasteiger partial charge in [-0.1, -0.05) is 12.1 Å². The van der Waals surface area contributed by atoms with Crippen molar-refractivity contribution < 1.29 is 24.2 Å². The third kappa shape index (κ3) is 4.96. The molecule has 0 radical (unpaired) electrons. The lowest BCUT2D eigenvalue weighted by Crippen LogP contribution is -2.50. The molecular formula is C17H23NO5. The van der Waals surface area contributed by atoms with Crippen LogP contribution in [-0.4, -0.2) is 53.8 Å². The molecule has 1 heterocycles. The lowest BCUT2D eigenvalue weighted by molar-refractivity contribution is -0.151. The molecule has 0 aromatic heterocycles. The molecule has 1 aliphatic rings. The van der Waals surface area contributed by atoms with Crippen LogP contribution in [0.4, 0.5) is 0 Å². The van der Waals surface area contributed by atoms with Crippen LogP contribution in [-0.2, 0) is 14.3 Å². The molecule has 0 bridgehead atoms. The Labute approximate surface area is 136 Å². The van der Waals surface area contributed by atoms with Crippen LogP contribution in [0.5, 0.6) is 5.75 Å². The van der Waals surface area contributed by atoms with E-state index in [4.69, 9.17) is 14.6 Å². The first-order valence-electron chi connectivity index (χ1n) is 7.80. The average Bonchev–Trinajstić information content (AvgIpc) is 2.52. The summed E-state index contributed by atoms with van der Waals surface area (Å²) in [7, 11) is 0. The molecule has 1 aromatic rings. The number of carbonyl (C=O) groups is 2. The minimum Gasteiger partial charge on any atom is -0.481 e. The summed E-state index contributed by atoms with van der Waals surface area (Å²) in [6.45, 7) is 4.37. The van der Waals surface area contributed by atoms with Gasteiger partial charge in [-0.15, -0.1) is 0 Å². The van der Waals surface area contributed by atoms with Gasteiger partial charge in [-0.2, -0.15) is 0 Å². The Morgan fingerprint density at radius 1 is 1.39 bits per heavy atom. The summed E-state index contributed by atoms with van der Waals surface area (Å²) < 4.78 is 11.0. The maximum absolute atomic E-state index is 12.7. The summed E-state index contributed by atoms with van der Waals surface area (Å²) in [5, 5.41) is 9.11. The number of amides is 1. The van der Waals surface area contributed by atoms with E-state index in [1.54, 1.807) is 13.0 Å². The summed E-state index contributed by atoms with van der Waals surface area (Å²) in [5.74, 6) is -0.721. The quantitative estimate of drug-likeness (QED) is 0.865. The van der Waals surface area contributed by atoms with Gasteiger partial charge in [0.1, 0.15) is 12.3 Å². The van der Waals surface area contributed by atoms with E-state index in [0.717, 1.165) is 5.56 Å².